The number of aliphatic hydroxyl groups excluding tert-OH is 1. The molecule has 2 aliphatic rings. The first kappa shape index (κ1) is 26.5. The maximum atomic E-state index is 13.0. The number of hydrogen-bond acceptors (Lipinski definition) is 5. The Morgan fingerprint density at radius 3 is 2.44 bits per heavy atom. The van der Waals surface area contributed by atoms with Crippen molar-refractivity contribution in [3.05, 3.63) is 35.9 Å². The van der Waals surface area contributed by atoms with Gasteiger partial charge in [0.1, 0.15) is 5.60 Å². The Labute approximate surface area is 204 Å². The van der Waals surface area contributed by atoms with Crippen molar-refractivity contribution in [1.29, 1.82) is 0 Å². The molecule has 3 atom stereocenters. The lowest BCUT2D eigenvalue weighted by atomic mass is 9.93. The van der Waals surface area contributed by atoms with E-state index in [1.165, 1.54) is 0 Å². The van der Waals surface area contributed by atoms with Crippen LogP contribution in [0, 0.1) is 5.92 Å². The van der Waals surface area contributed by atoms with Crippen molar-refractivity contribution in [1.82, 2.24) is 15.5 Å². The van der Waals surface area contributed by atoms with Gasteiger partial charge >= 0.3 is 6.09 Å². The van der Waals surface area contributed by atoms with Crippen molar-refractivity contribution in [2.75, 3.05) is 13.1 Å². The standard InChI is InChI=1S/C27H43N3O4/c1-19(2)17-30(22-16-27(29-24(22)32)13-9-10-14-27)18-23(31)21(15-20-11-7-6-8-12-20)28-25(33)34-26(3,4)5/h6-8,11-12,19,21-23,31H,9-10,13-18H2,1-5H3,(H,28,33)(H,29,32)/t21-,22?,23+/m0/s1. The Morgan fingerprint density at radius 1 is 1.21 bits per heavy atom. The molecular weight excluding hydrogens is 430 g/mol. The molecule has 2 fully saturated rings. The smallest absolute Gasteiger partial charge is 0.407 e. The number of benzene rings is 1. The van der Waals surface area contributed by atoms with Gasteiger partial charge in [0, 0.05) is 18.6 Å². The first-order chi connectivity index (χ1) is 16.0. The minimum atomic E-state index is -0.862. The summed E-state index contributed by atoms with van der Waals surface area (Å²) in [4.78, 5) is 27.7. The predicted molar refractivity (Wildman–Crippen MR) is 133 cm³/mol. The highest BCUT2D eigenvalue weighted by atomic mass is 16.6. The van der Waals surface area contributed by atoms with Gasteiger partial charge < -0.3 is 20.5 Å². The SMILES string of the molecule is CC(C)CN(C[C@@H](O)[C@H](Cc1ccccc1)NC(=O)OC(C)(C)C)C1CC2(CCCC2)NC1=O. The Morgan fingerprint density at radius 2 is 1.85 bits per heavy atom. The number of alkyl carbamates (subject to hydrolysis) is 1. The third kappa shape index (κ3) is 7.44. The van der Waals surface area contributed by atoms with Gasteiger partial charge in [0.2, 0.25) is 5.91 Å². The molecular formula is C27H43N3O4. The van der Waals surface area contributed by atoms with Gasteiger partial charge in [0.25, 0.3) is 0 Å². The molecule has 0 bridgehead atoms. The Hall–Kier alpha value is -2.12. The second kappa shape index (κ2) is 11.1. The fraction of sp³-hybridized carbons (Fsp3) is 0.704. The quantitative estimate of drug-likeness (QED) is 0.509. The molecule has 0 aromatic heterocycles. The van der Waals surface area contributed by atoms with Crippen molar-refractivity contribution in [2.45, 2.75) is 102 Å². The largest absolute Gasteiger partial charge is 0.444 e. The summed E-state index contributed by atoms with van der Waals surface area (Å²) in [5.41, 5.74) is 0.301. The van der Waals surface area contributed by atoms with Crippen LogP contribution in [-0.2, 0) is 16.0 Å². The van der Waals surface area contributed by atoms with Gasteiger partial charge in [0.05, 0.1) is 18.2 Å². The first-order valence-corrected chi connectivity index (χ1v) is 12.7. The lowest BCUT2D eigenvalue weighted by Crippen LogP contribution is -2.53. The molecule has 2 amide bonds. The number of nitrogens with zero attached hydrogens (tertiary/aromatic N) is 1. The van der Waals surface area contributed by atoms with E-state index >= 15 is 0 Å². The second-order valence-corrected chi connectivity index (χ2v) is 11.6. The zero-order valence-electron chi connectivity index (χ0n) is 21.5. The van der Waals surface area contributed by atoms with Gasteiger partial charge in [-0.25, -0.2) is 4.79 Å². The van der Waals surface area contributed by atoms with Gasteiger partial charge in [-0.3, -0.25) is 9.69 Å². The molecule has 1 unspecified atom stereocenters. The topological polar surface area (TPSA) is 90.9 Å². The van der Waals surface area contributed by atoms with Gasteiger partial charge in [0.15, 0.2) is 0 Å². The molecule has 1 aliphatic carbocycles. The van der Waals surface area contributed by atoms with E-state index in [1.807, 2.05) is 51.1 Å². The van der Waals surface area contributed by atoms with Gasteiger partial charge in [-0.1, -0.05) is 57.0 Å². The third-order valence-electron chi connectivity index (χ3n) is 6.76. The van der Waals surface area contributed by atoms with Crippen LogP contribution in [0.2, 0.25) is 0 Å². The van der Waals surface area contributed by atoms with E-state index in [1.54, 1.807) is 0 Å². The number of aliphatic hydroxyl groups is 1. The highest BCUT2D eigenvalue weighted by molar-refractivity contribution is 5.85. The maximum absolute atomic E-state index is 13.0. The summed E-state index contributed by atoms with van der Waals surface area (Å²) in [6.45, 7) is 10.7. The number of carbonyl (C=O) groups is 2. The maximum Gasteiger partial charge on any atom is 0.407 e. The average Bonchev–Trinajstić information content (AvgIpc) is 3.31. The molecule has 1 aliphatic heterocycles. The molecule has 1 spiro atoms. The lowest BCUT2D eigenvalue weighted by molar-refractivity contribution is -0.124. The predicted octanol–water partition coefficient (Wildman–Crippen LogP) is 3.64. The average molecular weight is 474 g/mol. The van der Waals surface area contributed by atoms with E-state index in [-0.39, 0.29) is 17.5 Å². The van der Waals surface area contributed by atoms with Crippen molar-refractivity contribution in [3.8, 4) is 0 Å². The molecule has 1 aromatic carbocycles. The molecule has 0 radical (unpaired) electrons. The normalized spacial score (nSPS) is 21.6. The van der Waals surface area contributed by atoms with Crippen LogP contribution in [0.25, 0.3) is 0 Å². The van der Waals surface area contributed by atoms with Crippen molar-refractivity contribution >= 4 is 12.0 Å². The van der Waals surface area contributed by atoms with Crippen LogP contribution in [0.3, 0.4) is 0 Å². The number of ether oxygens (including phenoxy) is 1. The van der Waals surface area contributed by atoms with Gasteiger partial charge in [-0.05, 0) is 57.9 Å². The monoisotopic (exact) mass is 473 g/mol. The fourth-order valence-electron chi connectivity index (χ4n) is 5.31. The highest BCUT2D eigenvalue weighted by Crippen LogP contribution is 2.38. The van der Waals surface area contributed by atoms with Crippen LogP contribution < -0.4 is 10.6 Å². The minimum absolute atomic E-state index is 0.0643. The number of hydrogen-bond donors (Lipinski definition) is 3. The van der Waals surface area contributed by atoms with E-state index in [2.05, 4.69) is 29.4 Å². The highest BCUT2D eigenvalue weighted by Gasteiger charge is 2.48. The molecule has 34 heavy (non-hydrogen) atoms. The summed E-state index contributed by atoms with van der Waals surface area (Å²) >= 11 is 0. The van der Waals surface area contributed by atoms with E-state index < -0.39 is 23.8 Å². The van der Waals surface area contributed by atoms with Crippen molar-refractivity contribution in [2.24, 2.45) is 5.92 Å². The molecule has 1 saturated carbocycles. The van der Waals surface area contributed by atoms with Crippen LogP contribution in [-0.4, -0.2) is 64.4 Å². The summed E-state index contributed by atoms with van der Waals surface area (Å²) in [7, 11) is 0. The van der Waals surface area contributed by atoms with E-state index in [0.717, 1.165) is 37.7 Å². The summed E-state index contributed by atoms with van der Waals surface area (Å²) in [6, 6.07) is 9.00. The van der Waals surface area contributed by atoms with Crippen LogP contribution in [0.15, 0.2) is 30.3 Å². The van der Waals surface area contributed by atoms with Crippen LogP contribution in [0.1, 0.15) is 72.3 Å². The molecule has 7 nitrogen and oxygen atoms in total. The molecule has 190 valence electrons. The molecule has 1 saturated heterocycles. The van der Waals surface area contributed by atoms with E-state index in [9.17, 15) is 14.7 Å². The summed E-state index contributed by atoms with van der Waals surface area (Å²) < 4.78 is 5.47. The fourth-order valence-corrected chi connectivity index (χ4v) is 5.31. The Kier molecular flexibility index (Phi) is 8.63. The van der Waals surface area contributed by atoms with Crippen LogP contribution in [0.5, 0.6) is 0 Å². The van der Waals surface area contributed by atoms with Crippen molar-refractivity contribution in [3.63, 3.8) is 0 Å². The zero-order valence-corrected chi connectivity index (χ0v) is 21.5. The number of amides is 2. The molecule has 1 aromatic rings. The van der Waals surface area contributed by atoms with Crippen molar-refractivity contribution < 1.29 is 19.4 Å². The summed E-state index contributed by atoms with van der Waals surface area (Å²) in [5, 5.41) is 17.5. The molecule has 3 N–H and O–H groups in total. The minimum Gasteiger partial charge on any atom is -0.444 e. The molecule has 3 rings (SSSR count). The second-order valence-electron chi connectivity index (χ2n) is 11.6. The van der Waals surface area contributed by atoms with Gasteiger partial charge in [-0.2, -0.15) is 0 Å². The number of rotatable bonds is 9. The molecule has 7 heteroatoms. The Bertz CT molecular complexity index is 815. The first-order valence-electron chi connectivity index (χ1n) is 12.7. The zero-order chi connectivity index (χ0) is 24.9. The van der Waals surface area contributed by atoms with E-state index in [4.69, 9.17) is 4.74 Å². The molecule has 1 heterocycles. The lowest BCUT2D eigenvalue weighted by Gasteiger charge is -2.34. The number of carbonyl (C=O) groups excluding carboxylic acids is 2. The van der Waals surface area contributed by atoms with E-state index in [0.29, 0.717) is 25.4 Å². The van der Waals surface area contributed by atoms with Crippen LogP contribution in [0.4, 0.5) is 4.79 Å². The number of nitrogens with one attached hydrogen (secondary N) is 2. The third-order valence-corrected chi connectivity index (χ3v) is 6.76. The van der Waals surface area contributed by atoms with Crippen LogP contribution >= 0.6 is 0 Å². The summed E-state index contributed by atoms with van der Waals surface area (Å²) in [6.07, 6.45) is 4.21. The van der Waals surface area contributed by atoms with Gasteiger partial charge in [-0.15, -0.1) is 0 Å². The Balaban J connectivity index is 1.75. The summed E-state index contributed by atoms with van der Waals surface area (Å²) in [5.74, 6) is 0.404.